The number of carbonyl (C=O) groups excluding carboxylic acids is 1. The van der Waals surface area contributed by atoms with E-state index in [9.17, 15) is 18.0 Å². The molecule has 0 spiro atoms. The minimum atomic E-state index is -3.41. The summed E-state index contributed by atoms with van der Waals surface area (Å²) in [5.74, 6) is -1.83. The van der Waals surface area contributed by atoms with Crippen molar-refractivity contribution in [2.24, 2.45) is 5.92 Å². The van der Waals surface area contributed by atoms with E-state index in [0.29, 0.717) is 5.69 Å². The highest BCUT2D eigenvalue weighted by atomic mass is 32.2. The van der Waals surface area contributed by atoms with Gasteiger partial charge in [0, 0.05) is 5.38 Å². The van der Waals surface area contributed by atoms with E-state index in [-0.39, 0.29) is 17.5 Å². The molecule has 1 rings (SSSR count). The number of aliphatic carboxylic acids is 1. The fourth-order valence-electron chi connectivity index (χ4n) is 1.50. The largest absolute Gasteiger partial charge is 0.480 e. The van der Waals surface area contributed by atoms with Gasteiger partial charge in [-0.05, 0) is 5.92 Å². The zero-order valence-corrected chi connectivity index (χ0v) is 13.4. The average molecular weight is 335 g/mol. The van der Waals surface area contributed by atoms with Crippen molar-refractivity contribution in [3.05, 3.63) is 11.1 Å². The molecule has 0 aliphatic rings. The molecule has 0 saturated heterocycles. The van der Waals surface area contributed by atoms with Crippen LogP contribution in [-0.2, 0) is 26.0 Å². The first kappa shape index (κ1) is 17.4. The van der Waals surface area contributed by atoms with E-state index < -0.39 is 27.9 Å². The molecule has 1 heterocycles. The normalized spacial score (nSPS) is 13.0. The molecular weight excluding hydrogens is 318 g/mol. The van der Waals surface area contributed by atoms with Crippen LogP contribution in [0.3, 0.4) is 0 Å². The van der Waals surface area contributed by atoms with Gasteiger partial charge in [0.05, 0.1) is 18.4 Å². The predicted molar refractivity (Wildman–Crippen MR) is 78.7 cm³/mol. The molecule has 10 heteroatoms. The van der Waals surface area contributed by atoms with E-state index in [1.54, 1.807) is 13.8 Å². The Balaban J connectivity index is 2.65. The summed E-state index contributed by atoms with van der Waals surface area (Å²) >= 11 is 1.05. The van der Waals surface area contributed by atoms with Gasteiger partial charge in [-0.1, -0.05) is 13.8 Å². The number of anilines is 1. The van der Waals surface area contributed by atoms with Crippen molar-refractivity contribution in [2.45, 2.75) is 26.3 Å². The molecule has 0 unspecified atom stereocenters. The molecule has 1 amide bonds. The van der Waals surface area contributed by atoms with Crippen LogP contribution in [0.2, 0.25) is 0 Å². The van der Waals surface area contributed by atoms with Gasteiger partial charge in [0.15, 0.2) is 5.13 Å². The zero-order chi connectivity index (χ0) is 16.2. The minimum Gasteiger partial charge on any atom is -0.480 e. The summed E-state index contributed by atoms with van der Waals surface area (Å²) in [6.07, 6.45) is 0.888. The van der Waals surface area contributed by atoms with E-state index in [4.69, 9.17) is 5.11 Å². The lowest BCUT2D eigenvalue weighted by molar-refractivity contribution is -0.143. The molecule has 0 saturated carbocycles. The highest BCUT2D eigenvalue weighted by Gasteiger charge is 2.23. The van der Waals surface area contributed by atoms with Crippen molar-refractivity contribution in [1.82, 2.24) is 10.3 Å². The van der Waals surface area contributed by atoms with Crippen molar-refractivity contribution in [2.75, 3.05) is 11.0 Å². The molecular formula is C11H17N3O5S2. The molecule has 0 radical (unpaired) electrons. The molecule has 8 nitrogen and oxygen atoms in total. The molecule has 1 atom stereocenters. The molecule has 21 heavy (non-hydrogen) atoms. The Bertz CT molecular complexity index is 624. The Morgan fingerprint density at radius 2 is 2.05 bits per heavy atom. The van der Waals surface area contributed by atoms with Crippen LogP contribution in [0.15, 0.2) is 5.38 Å². The van der Waals surface area contributed by atoms with E-state index >= 15 is 0 Å². The first-order chi connectivity index (χ1) is 9.58. The fourth-order valence-corrected chi connectivity index (χ4v) is 3.06. The van der Waals surface area contributed by atoms with Crippen molar-refractivity contribution < 1.29 is 23.1 Å². The number of aromatic nitrogens is 1. The van der Waals surface area contributed by atoms with Crippen LogP contribution < -0.4 is 10.0 Å². The van der Waals surface area contributed by atoms with Gasteiger partial charge >= 0.3 is 5.97 Å². The van der Waals surface area contributed by atoms with Gasteiger partial charge in [-0.25, -0.2) is 18.2 Å². The molecule has 3 N–H and O–H groups in total. The third-order valence-electron chi connectivity index (χ3n) is 2.42. The maximum absolute atomic E-state index is 11.8. The van der Waals surface area contributed by atoms with Crippen molar-refractivity contribution in [3.63, 3.8) is 0 Å². The topological polar surface area (TPSA) is 125 Å². The Hall–Kier alpha value is -1.68. The number of hydrogen-bond donors (Lipinski definition) is 3. The monoisotopic (exact) mass is 335 g/mol. The third kappa shape index (κ3) is 6.08. The summed E-state index contributed by atoms with van der Waals surface area (Å²) in [5, 5.41) is 13.1. The number of rotatable bonds is 7. The number of amides is 1. The SMILES string of the molecule is CC(C)[C@@H](NC(=O)Cc1csc(NS(C)(=O)=O)n1)C(=O)O. The number of thiazole rings is 1. The van der Waals surface area contributed by atoms with Gasteiger partial charge in [-0.2, -0.15) is 0 Å². The predicted octanol–water partition coefficient (Wildman–Crippen LogP) is 0.282. The van der Waals surface area contributed by atoms with Crippen molar-refractivity contribution in [3.8, 4) is 0 Å². The smallest absolute Gasteiger partial charge is 0.326 e. The van der Waals surface area contributed by atoms with Crippen molar-refractivity contribution in [1.29, 1.82) is 0 Å². The summed E-state index contributed by atoms with van der Waals surface area (Å²) in [7, 11) is -3.41. The summed E-state index contributed by atoms with van der Waals surface area (Å²) in [5.41, 5.74) is 0.372. The van der Waals surface area contributed by atoms with E-state index in [1.165, 1.54) is 5.38 Å². The summed E-state index contributed by atoms with van der Waals surface area (Å²) in [4.78, 5) is 26.7. The van der Waals surface area contributed by atoms with E-state index in [1.807, 2.05) is 0 Å². The standard InChI is InChI=1S/C11H17N3O5S2/c1-6(2)9(10(16)17)13-8(15)4-7-5-20-11(12-7)14-21(3,18)19/h5-6,9H,4H2,1-3H3,(H,12,14)(H,13,15)(H,16,17)/t9-/m1/s1. The number of carboxylic acids is 1. The average Bonchev–Trinajstić information content (AvgIpc) is 2.69. The number of nitrogens with zero attached hydrogens (tertiary/aromatic N) is 1. The number of nitrogens with one attached hydrogen (secondary N) is 2. The molecule has 0 aromatic carbocycles. The second-order valence-electron chi connectivity index (χ2n) is 4.82. The Morgan fingerprint density at radius 3 is 2.52 bits per heavy atom. The fraction of sp³-hybridized carbons (Fsp3) is 0.545. The second kappa shape index (κ2) is 6.85. The highest BCUT2D eigenvalue weighted by molar-refractivity contribution is 7.92. The van der Waals surface area contributed by atoms with Crippen LogP contribution >= 0.6 is 11.3 Å². The van der Waals surface area contributed by atoms with Crippen LogP contribution in [0, 0.1) is 5.92 Å². The molecule has 0 aliphatic carbocycles. The van der Waals surface area contributed by atoms with Crippen molar-refractivity contribution >= 4 is 38.4 Å². The molecule has 118 valence electrons. The number of hydrogen-bond acceptors (Lipinski definition) is 6. The molecule has 1 aromatic rings. The number of carboxylic acid groups (broad SMARTS) is 1. The summed E-state index contributed by atoms with van der Waals surface area (Å²) < 4.78 is 24.3. The Labute approximate surface area is 126 Å². The van der Waals surface area contributed by atoms with E-state index in [2.05, 4.69) is 15.0 Å². The molecule has 0 bridgehead atoms. The van der Waals surface area contributed by atoms with Crippen LogP contribution in [0.25, 0.3) is 0 Å². The summed E-state index contributed by atoms with van der Waals surface area (Å²) in [6, 6.07) is -0.968. The lowest BCUT2D eigenvalue weighted by atomic mass is 10.0. The van der Waals surface area contributed by atoms with Crippen LogP contribution in [0.5, 0.6) is 0 Å². The van der Waals surface area contributed by atoms with E-state index in [0.717, 1.165) is 17.6 Å². The lowest BCUT2D eigenvalue weighted by Gasteiger charge is -2.17. The quantitative estimate of drug-likeness (QED) is 0.657. The maximum atomic E-state index is 11.8. The third-order valence-corrected chi connectivity index (χ3v) is 3.92. The number of carbonyl (C=O) groups is 2. The first-order valence-corrected chi connectivity index (χ1v) is 8.80. The zero-order valence-electron chi connectivity index (χ0n) is 11.8. The molecule has 0 fully saturated rings. The molecule has 1 aromatic heterocycles. The van der Waals surface area contributed by atoms with Gasteiger partial charge < -0.3 is 10.4 Å². The lowest BCUT2D eigenvalue weighted by Crippen LogP contribution is -2.44. The second-order valence-corrected chi connectivity index (χ2v) is 7.43. The highest BCUT2D eigenvalue weighted by Crippen LogP contribution is 2.16. The van der Waals surface area contributed by atoms with Gasteiger partial charge in [0.25, 0.3) is 0 Å². The molecule has 0 aliphatic heterocycles. The maximum Gasteiger partial charge on any atom is 0.326 e. The summed E-state index contributed by atoms with van der Waals surface area (Å²) in [6.45, 7) is 3.38. The van der Waals surface area contributed by atoms with Gasteiger partial charge in [0.1, 0.15) is 6.04 Å². The van der Waals surface area contributed by atoms with Gasteiger partial charge in [-0.3, -0.25) is 9.52 Å². The van der Waals surface area contributed by atoms with Crippen LogP contribution in [-0.4, -0.2) is 42.7 Å². The Kier molecular flexibility index (Phi) is 5.67. The van der Waals surface area contributed by atoms with Gasteiger partial charge in [0.2, 0.25) is 15.9 Å². The Morgan fingerprint density at radius 1 is 1.43 bits per heavy atom. The number of sulfonamides is 1. The van der Waals surface area contributed by atoms with Crippen LogP contribution in [0.1, 0.15) is 19.5 Å². The van der Waals surface area contributed by atoms with Crippen LogP contribution in [0.4, 0.5) is 5.13 Å². The minimum absolute atomic E-state index is 0.113. The van der Waals surface area contributed by atoms with Gasteiger partial charge in [-0.15, -0.1) is 11.3 Å². The first-order valence-electron chi connectivity index (χ1n) is 6.03.